The molecule has 2 aromatic carbocycles. The highest BCUT2D eigenvalue weighted by atomic mass is 16.3. The number of carbonyl (C=O) groups excluding carboxylic acids is 1. The lowest BCUT2D eigenvalue weighted by molar-refractivity contribution is -0.122. The molecule has 0 radical (unpaired) electrons. The molecule has 0 aliphatic carbocycles. The zero-order valence-electron chi connectivity index (χ0n) is 12.5. The summed E-state index contributed by atoms with van der Waals surface area (Å²) in [4.78, 5) is 12.2. The molecule has 2 aromatic rings. The predicted molar refractivity (Wildman–Crippen MR) is 87.3 cm³/mol. The van der Waals surface area contributed by atoms with Crippen molar-refractivity contribution >= 4 is 5.91 Å². The summed E-state index contributed by atoms with van der Waals surface area (Å²) in [5.41, 5.74) is 7.87. The lowest BCUT2D eigenvalue weighted by atomic mass is 9.96. The summed E-state index contributed by atoms with van der Waals surface area (Å²) in [7, 11) is 0. The summed E-state index contributed by atoms with van der Waals surface area (Å²) < 4.78 is 0. The summed E-state index contributed by atoms with van der Waals surface area (Å²) in [5.74, 6) is -0.122. The third kappa shape index (κ3) is 4.41. The lowest BCUT2D eigenvalue weighted by Crippen LogP contribution is -2.36. The van der Waals surface area contributed by atoms with Gasteiger partial charge in [-0.2, -0.15) is 0 Å². The molecule has 0 heterocycles. The molecule has 4 N–H and O–H groups in total. The van der Waals surface area contributed by atoms with E-state index in [2.05, 4.69) is 5.32 Å². The molecule has 0 aromatic heterocycles. The van der Waals surface area contributed by atoms with Crippen LogP contribution < -0.4 is 11.1 Å². The van der Waals surface area contributed by atoms with Crippen LogP contribution in [0.4, 0.5) is 0 Å². The molecule has 0 saturated heterocycles. The van der Waals surface area contributed by atoms with Crippen molar-refractivity contribution in [3.05, 3.63) is 71.8 Å². The maximum atomic E-state index is 12.2. The van der Waals surface area contributed by atoms with Crippen molar-refractivity contribution in [2.75, 3.05) is 13.2 Å². The standard InChI is InChI=1S/C18H22N2O2/c19-17(15-9-5-2-6-10-15)18(22)20-13-16(11-12-21)14-7-3-1-4-8-14/h1-10,16-17,21H,11-13,19H2,(H,20,22). The highest BCUT2D eigenvalue weighted by molar-refractivity contribution is 5.82. The number of aliphatic hydroxyl groups excluding tert-OH is 1. The van der Waals surface area contributed by atoms with Gasteiger partial charge in [0.05, 0.1) is 0 Å². The Labute approximate surface area is 131 Å². The van der Waals surface area contributed by atoms with Gasteiger partial charge < -0.3 is 16.2 Å². The molecule has 0 aliphatic heterocycles. The Kier molecular flexibility index (Phi) is 6.13. The van der Waals surface area contributed by atoms with Crippen LogP contribution in [0.15, 0.2) is 60.7 Å². The number of hydrogen-bond donors (Lipinski definition) is 3. The van der Waals surface area contributed by atoms with Crippen LogP contribution in [-0.4, -0.2) is 24.2 Å². The van der Waals surface area contributed by atoms with Crippen LogP contribution in [-0.2, 0) is 4.79 Å². The number of hydrogen-bond acceptors (Lipinski definition) is 3. The van der Waals surface area contributed by atoms with Gasteiger partial charge in [0, 0.05) is 19.1 Å². The number of rotatable bonds is 7. The first-order chi connectivity index (χ1) is 10.7. The van der Waals surface area contributed by atoms with Crippen molar-refractivity contribution in [1.29, 1.82) is 0 Å². The first-order valence-corrected chi connectivity index (χ1v) is 7.46. The van der Waals surface area contributed by atoms with Gasteiger partial charge in [0.1, 0.15) is 6.04 Å². The number of carbonyl (C=O) groups is 1. The van der Waals surface area contributed by atoms with Crippen LogP contribution in [0.3, 0.4) is 0 Å². The minimum Gasteiger partial charge on any atom is -0.396 e. The van der Waals surface area contributed by atoms with E-state index >= 15 is 0 Å². The molecule has 116 valence electrons. The number of benzene rings is 2. The van der Waals surface area contributed by atoms with Gasteiger partial charge in [0.15, 0.2) is 0 Å². The van der Waals surface area contributed by atoms with E-state index in [1.165, 1.54) is 0 Å². The fourth-order valence-electron chi connectivity index (χ4n) is 2.41. The number of aliphatic hydroxyl groups is 1. The number of nitrogens with two attached hydrogens (primary N) is 1. The van der Waals surface area contributed by atoms with Gasteiger partial charge >= 0.3 is 0 Å². The Bertz CT molecular complexity index is 572. The quantitative estimate of drug-likeness (QED) is 0.731. The van der Waals surface area contributed by atoms with E-state index in [1.54, 1.807) is 0 Å². The second kappa shape index (κ2) is 8.32. The van der Waals surface area contributed by atoms with Crippen molar-refractivity contribution in [3.63, 3.8) is 0 Å². The molecule has 4 nitrogen and oxygen atoms in total. The SMILES string of the molecule is NC(C(=O)NCC(CCO)c1ccccc1)c1ccccc1. The number of amides is 1. The van der Waals surface area contributed by atoms with Gasteiger partial charge in [0.25, 0.3) is 0 Å². The second-order valence-corrected chi connectivity index (χ2v) is 5.25. The molecule has 4 heteroatoms. The average molecular weight is 298 g/mol. The third-order valence-corrected chi connectivity index (χ3v) is 3.71. The van der Waals surface area contributed by atoms with Crippen LogP contribution in [0, 0.1) is 0 Å². The highest BCUT2D eigenvalue weighted by Gasteiger charge is 2.17. The molecule has 2 atom stereocenters. The summed E-state index contributed by atoms with van der Waals surface area (Å²) in [6, 6.07) is 18.5. The van der Waals surface area contributed by atoms with Gasteiger partial charge in [-0.3, -0.25) is 4.79 Å². The molecule has 2 rings (SSSR count). The van der Waals surface area contributed by atoms with E-state index in [0.29, 0.717) is 13.0 Å². The fourth-order valence-corrected chi connectivity index (χ4v) is 2.41. The van der Waals surface area contributed by atoms with E-state index < -0.39 is 6.04 Å². The van der Waals surface area contributed by atoms with Gasteiger partial charge in [-0.15, -0.1) is 0 Å². The van der Waals surface area contributed by atoms with E-state index in [0.717, 1.165) is 11.1 Å². The lowest BCUT2D eigenvalue weighted by Gasteiger charge is -2.19. The fraction of sp³-hybridized carbons (Fsp3) is 0.278. The third-order valence-electron chi connectivity index (χ3n) is 3.71. The molecule has 0 bridgehead atoms. The largest absolute Gasteiger partial charge is 0.396 e. The summed E-state index contributed by atoms with van der Waals surface area (Å²) in [6.45, 7) is 0.546. The predicted octanol–water partition coefficient (Wildman–Crippen LogP) is 1.97. The van der Waals surface area contributed by atoms with E-state index in [4.69, 9.17) is 5.73 Å². The molecule has 0 aliphatic rings. The summed E-state index contributed by atoms with van der Waals surface area (Å²) in [6.07, 6.45) is 0.602. The van der Waals surface area contributed by atoms with Gasteiger partial charge in [0.2, 0.25) is 5.91 Å². The normalized spacial score (nSPS) is 13.4. The summed E-state index contributed by atoms with van der Waals surface area (Å²) >= 11 is 0. The summed E-state index contributed by atoms with van der Waals surface area (Å²) in [5, 5.41) is 12.1. The van der Waals surface area contributed by atoms with Crippen LogP contribution >= 0.6 is 0 Å². The van der Waals surface area contributed by atoms with E-state index in [-0.39, 0.29) is 18.4 Å². The Hall–Kier alpha value is -2.17. The Balaban J connectivity index is 1.96. The van der Waals surface area contributed by atoms with Crippen molar-refractivity contribution in [2.24, 2.45) is 5.73 Å². The maximum Gasteiger partial charge on any atom is 0.241 e. The molecule has 0 saturated carbocycles. The van der Waals surface area contributed by atoms with E-state index in [1.807, 2.05) is 60.7 Å². The molecule has 0 fully saturated rings. The minimum atomic E-state index is -0.674. The molecule has 22 heavy (non-hydrogen) atoms. The van der Waals surface area contributed by atoms with Gasteiger partial charge in [-0.1, -0.05) is 60.7 Å². The smallest absolute Gasteiger partial charge is 0.241 e. The van der Waals surface area contributed by atoms with Gasteiger partial charge in [-0.05, 0) is 17.5 Å². The molecular formula is C18H22N2O2. The van der Waals surface area contributed by atoms with Gasteiger partial charge in [-0.25, -0.2) is 0 Å². The van der Waals surface area contributed by atoms with Crippen LogP contribution in [0.1, 0.15) is 29.5 Å². The Morgan fingerprint density at radius 1 is 1.00 bits per heavy atom. The van der Waals surface area contributed by atoms with Crippen molar-refractivity contribution in [1.82, 2.24) is 5.32 Å². The minimum absolute atomic E-state index is 0.0816. The molecule has 0 spiro atoms. The number of nitrogens with one attached hydrogen (secondary N) is 1. The van der Waals surface area contributed by atoms with Crippen molar-refractivity contribution < 1.29 is 9.90 Å². The van der Waals surface area contributed by atoms with Crippen LogP contribution in [0.2, 0.25) is 0 Å². The second-order valence-electron chi connectivity index (χ2n) is 5.25. The van der Waals surface area contributed by atoms with E-state index in [9.17, 15) is 9.90 Å². The Morgan fingerprint density at radius 2 is 1.55 bits per heavy atom. The monoisotopic (exact) mass is 298 g/mol. The zero-order chi connectivity index (χ0) is 15.8. The maximum absolute atomic E-state index is 12.2. The highest BCUT2D eigenvalue weighted by Crippen LogP contribution is 2.18. The average Bonchev–Trinajstić information content (AvgIpc) is 2.59. The topological polar surface area (TPSA) is 75.4 Å². The van der Waals surface area contributed by atoms with Crippen molar-refractivity contribution in [3.8, 4) is 0 Å². The molecule has 1 amide bonds. The first kappa shape index (κ1) is 16.2. The Morgan fingerprint density at radius 3 is 2.09 bits per heavy atom. The first-order valence-electron chi connectivity index (χ1n) is 7.46. The van der Waals surface area contributed by atoms with Crippen molar-refractivity contribution in [2.45, 2.75) is 18.4 Å². The van der Waals surface area contributed by atoms with Crippen LogP contribution in [0.25, 0.3) is 0 Å². The molecule has 2 unspecified atom stereocenters. The zero-order valence-corrected chi connectivity index (χ0v) is 12.5. The van der Waals surface area contributed by atoms with Crippen LogP contribution in [0.5, 0.6) is 0 Å². The molecular weight excluding hydrogens is 276 g/mol.